The maximum atomic E-state index is 13.0. The molecule has 0 amide bonds. The summed E-state index contributed by atoms with van der Waals surface area (Å²) in [5.41, 5.74) is 1.79. The van der Waals surface area contributed by atoms with E-state index in [9.17, 15) is 9.00 Å². The molecule has 0 aliphatic carbocycles. The number of anilines is 2. The molecule has 1 aliphatic rings. The van der Waals surface area contributed by atoms with Gasteiger partial charge in [0.25, 0.3) is 0 Å². The normalized spacial score (nSPS) is 18.0. The number of aliphatic carboxylic acids is 1. The Bertz CT molecular complexity index is 915. The highest BCUT2D eigenvalue weighted by Gasteiger charge is 2.28. The van der Waals surface area contributed by atoms with E-state index in [-0.39, 0.29) is 11.7 Å². The maximum absolute atomic E-state index is 13.0. The first-order chi connectivity index (χ1) is 14.9. The average molecular weight is 464 g/mol. The first-order valence-corrected chi connectivity index (χ1v) is 12.2. The van der Waals surface area contributed by atoms with Gasteiger partial charge in [0.05, 0.1) is 38.7 Å². The molecular formula is C24H30ClNO4S. The van der Waals surface area contributed by atoms with Crippen LogP contribution in [0.3, 0.4) is 0 Å². The Hall–Kier alpha value is -2.31. The van der Waals surface area contributed by atoms with Crippen LogP contribution in [0.25, 0.3) is 0 Å². The van der Waals surface area contributed by atoms with Crippen molar-refractivity contribution in [2.75, 3.05) is 17.2 Å². The minimum absolute atomic E-state index is 0.272. The van der Waals surface area contributed by atoms with E-state index in [1.54, 1.807) is 12.1 Å². The van der Waals surface area contributed by atoms with Crippen molar-refractivity contribution >= 4 is 39.7 Å². The molecule has 0 bridgehead atoms. The molecule has 0 saturated carbocycles. The van der Waals surface area contributed by atoms with Crippen molar-refractivity contribution in [1.29, 1.82) is 0 Å². The van der Waals surface area contributed by atoms with Gasteiger partial charge in [-0.05, 0) is 24.1 Å². The Morgan fingerprint density at radius 2 is 1.90 bits per heavy atom. The largest absolute Gasteiger partial charge is 0.478 e. The number of halogens is 1. The Labute approximate surface area is 192 Å². The fraction of sp³-hybridized carbons (Fsp3) is 0.375. The summed E-state index contributed by atoms with van der Waals surface area (Å²) >= 11 is 6.37. The number of rotatable bonds is 6. The number of carboxylic acid groups (broad SMARTS) is 1. The lowest BCUT2D eigenvalue weighted by Gasteiger charge is -2.27. The summed E-state index contributed by atoms with van der Waals surface area (Å²) in [6, 6.07) is 13.3. The maximum Gasteiger partial charge on any atom is 0.331 e. The number of nitrogens with zero attached hydrogens (tertiary/aromatic N) is 1. The summed E-state index contributed by atoms with van der Waals surface area (Å²) in [5, 5.41) is 9.02. The van der Waals surface area contributed by atoms with E-state index in [2.05, 4.69) is 25.7 Å². The van der Waals surface area contributed by atoms with Gasteiger partial charge in [-0.2, -0.15) is 0 Å². The Morgan fingerprint density at radius 1 is 1.23 bits per heavy atom. The number of carboxylic acids is 1. The molecule has 2 unspecified atom stereocenters. The molecule has 2 aromatic rings. The molecule has 1 aliphatic heterocycles. The standard InChI is InChI=1S/C20H20ClNO4S.C4H10/c1-2-14-12-22(15-6-4-3-5-7-15)17-10-16(21)18(26-9-8-20(23)24)11-19(17)27(25)13-14;1-3-4-2/h3-11,14H,2,12-13H2,1H3,(H,23,24);3-4H2,1-2H3/b9-8+;. The SMILES string of the molecule is CCC1CN(c2ccccc2)c2cc(Cl)c(O/C=C/C(=O)O)cc2S(=O)C1.CCCC. The predicted molar refractivity (Wildman–Crippen MR) is 128 cm³/mol. The summed E-state index contributed by atoms with van der Waals surface area (Å²) in [4.78, 5) is 13.4. The Kier molecular flexibility index (Phi) is 10.1. The number of fused-ring (bicyclic) bond motifs is 1. The zero-order valence-corrected chi connectivity index (χ0v) is 19.8. The third-order valence-corrected chi connectivity index (χ3v) is 6.82. The van der Waals surface area contributed by atoms with Crippen molar-refractivity contribution in [3.8, 4) is 5.75 Å². The Morgan fingerprint density at radius 3 is 2.48 bits per heavy atom. The topological polar surface area (TPSA) is 66.8 Å². The van der Waals surface area contributed by atoms with Crippen LogP contribution in [0.1, 0.15) is 40.0 Å². The summed E-state index contributed by atoms with van der Waals surface area (Å²) in [5.74, 6) is -0.0120. The first-order valence-electron chi connectivity index (χ1n) is 10.5. The quantitative estimate of drug-likeness (QED) is 0.396. The van der Waals surface area contributed by atoms with E-state index >= 15 is 0 Å². The third kappa shape index (κ3) is 7.11. The summed E-state index contributed by atoms with van der Waals surface area (Å²) in [7, 11) is -1.21. The Balaban J connectivity index is 0.000000785. The molecule has 2 aromatic carbocycles. The monoisotopic (exact) mass is 463 g/mol. The van der Waals surface area contributed by atoms with Crippen LogP contribution in [0.15, 0.2) is 59.7 Å². The average Bonchev–Trinajstić information content (AvgIpc) is 2.90. The van der Waals surface area contributed by atoms with Gasteiger partial charge >= 0.3 is 5.97 Å². The number of carbonyl (C=O) groups is 1. The van der Waals surface area contributed by atoms with Crippen molar-refractivity contribution in [3.05, 3.63) is 59.8 Å². The van der Waals surface area contributed by atoms with Gasteiger partial charge in [-0.15, -0.1) is 0 Å². The summed E-state index contributed by atoms with van der Waals surface area (Å²) in [6.07, 6.45) is 5.49. The number of unbranched alkanes of at least 4 members (excludes halogenated alkanes) is 1. The molecule has 0 aromatic heterocycles. The first kappa shape index (κ1) is 25.0. The molecule has 0 radical (unpaired) electrons. The molecule has 3 rings (SSSR count). The molecule has 2 atom stereocenters. The molecule has 0 spiro atoms. The lowest BCUT2D eigenvalue weighted by atomic mass is 10.1. The van der Waals surface area contributed by atoms with Crippen molar-refractivity contribution in [3.63, 3.8) is 0 Å². The number of benzene rings is 2. The van der Waals surface area contributed by atoms with Crippen molar-refractivity contribution in [1.82, 2.24) is 0 Å². The van der Waals surface area contributed by atoms with Gasteiger partial charge in [-0.1, -0.05) is 69.8 Å². The fourth-order valence-corrected chi connectivity index (χ4v) is 4.78. The zero-order chi connectivity index (χ0) is 22.8. The molecule has 1 N–H and O–H groups in total. The van der Waals surface area contributed by atoms with Crippen LogP contribution in [0.4, 0.5) is 11.4 Å². The molecular weight excluding hydrogens is 434 g/mol. The fourth-order valence-electron chi connectivity index (χ4n) is 2.99. The molecule has 7 heteroatoms. The van der Waals surface area contributed by atoms with E-state index < -0.39 is 16.8 Å². The molecule has 0 saturated heterocycles. The highest BCUT2D eigenvalue weighted by molar-refractivity contribution is 7.85. The van der Waals surface area contributed by atoms with Gasteiger partial charge in [-0.3, -0.25) is 4.21 Å². The van der Waals surface area contributed by atoms with Gasteiger partial charge in [0.2, 0.25) is 0 Å². The van der Waals surface area contributed by atoms with Crippen molar-refractivity contribution in [2.24, 2.45) is 5.92 Å². The van der Waals surface area contributed by atoms with Crippen LogP contribution >= 0.6 is 11.6 Å². The predicted octanol–water partition coefficient (Wildman–Crippen LogP) is 6.41. The van der Waals surface area contributed by atoms with Crippen molar-refractivity contribution in [2.45, 2.75) is 44.9 Å². The third-order valence-electron chi connectivity index (χ3n) is 4.93. The van der Waals surface area contributed by atoms with Crippen LogP contribution in [0.2, 0.25) is 5.02 Å². The van der Waals surface area contributed by atoms with Gasteiger partial charge in [0, 0.05) is 24.1 Å². The minimum Gasteiger partial charge on any atom is -0.478 e. The lowest BCUT2D eigenvalue weighted by molar-refractivity contribution is -0.131. The van der Waals surface area contributed by atoms with Crippen LogP contribution < -0.4 is 9.64 Å². The highest BCUT2D eigenvalue weighted by atomic mass is 35.5. The highest BCUT2D eigenvalue weighted by Crippen LogP contribution is 2.41. The molecule has 31 heavy (non-hydrogen) atoms. The van der Waals surface area contributed by atoms with E-state index in [0.29, 0.717) is 15.7 Å². The number of hydrogen-bond donors (Lipinski definition) is 1. The van der Waals surface area contributed by atoms with Crippen LogP contribution in [0.5, 0.6) is 5.75 Å². The van der Waals surface area contributed by atoms with Crippen molar-refractivity contribution < 1.29 is 18.8 Å². The minimum atomic E-state index is -1.21. The second-order valence-electron chi connectivity index (χ2n) is 7.24. The van der Waals surface area contributed by atoms with Gasteiger partial charge < -0.3 is 14.7 Å². The number of hydrogen-bond acceptors (Lipinski definition) is 4. The van der Waals surface area contributed by atoms with Gasteiger partial charge in [0.1, 0.15) is 5.75 Å². The van der Waals surface area contributed by atoms with Gasteiger partial charge in [0.15, 0.2) is 0 Å². The second-order valence-corrected chi connectivity index (χ2v) is 9.11. The summed E-state index contributed by atoms with van der Waals surface area (Å²) < 4.78 is 18.3. The molecule has 0 fully saturated rings. The van der Waals surface area contributed by atoms with Crippen LogP contribution in [0, 0.1) is 5.92 Å². The van der Waals surface area contributed by atoms with Gasteiger partial charge in [-0.25, -0.2) is 4.79 Å². The molecule has 5 nitrogen and oxygen atoms in total. The second kappa shape index (κ2) is 12.5. The molecule has 168 valence electrons. The van der Waals surface area contributed by atoms with E-state index in [1.807, 2.05) is 30.3 Å². The van der Waals surface area contributed by atoms with Crippen LogP contribution in [-0.2, 0) is 15.6 Å². The van der Waals surface area contributed by atoms with E-state index in [4.69, 9.17) is 21.4 Å². The summed E-state index contributed by atoms with van der Waals surface area (Å²) in [6.45, 7) is 7.20. The molecule has 1 heterocycles. The number of ether oxygens (including phenoxy) is 1. The lowest BCUT2D eigenvalue weighted by Crippen LogP contribution is -2.25. The number of para-hydroxylation sites is 1. The smallest absolute Gasteiger partial charge is 0.331 e. The van der Waals surface area contributed by atoms with E-state index in [1.165, 1.54) is 12.8 Å². The zero-order valence-electron chi connectivity index (χ0n) is 18.2. The van der Waals surface area contributed by atoms with Crippen LogP contribution in [-0.4, -0.2) is 27.6 Å². The van der Waals surface area contributed by atoms with E-state index in [0.717, 1.165) is 36.7 Å².